The minimum absolute atomic E-state index is 0.152. The van der Waals surface area contributed by atoms with Crippen molar-refractivity contribution in [1.82, 2.24) is 4.98 Å². The number of piperidine rings is 1. The van der Waals surface area contributed by atoms with Gasteiger partial charge in [0, 0.05) is 24.0 Å². The average molecular weight is 452 g/mol. The van der Waals surface area contributed by atoms with Crippen molar-refractivity contribution in [3.8, 4) is 17.3 Å². The van der Waals surface area contributed by atoms with Gasteiger partial charge < -0.3 is 4.90 Å². The summed E-state index contributed by atoms with van der Waals surface area (Å²) in [5.41, 5.74) is 3.62. The standard InChI is InChI=1S/C24H25N3O2S2/c1-2-5-18-8-10-19(11-9-18)22-17-30-24(26-22)27-14-12-21(13-15-27)31(28,29)23-7-4-3-6-20(23)16-25/h3-4,6-11,17,21H,2,5,12-15H2,1H3. The number of thiazole rings is 1. The zero-order valence-corrected chi connectivity index (χ0v) is 19.1. The van der Waals surface area contributed by atoms with Gasteiger partial charge in [-0.3, -0.25) is 0 Å². The fraction of sp³-hybridized carbons (Fsp3) is 0.333. The Morgan fingerprint density at radius 3 is 2.52 bits per heavy atom. The van der Waals surface area contributed by atoms with Gasteiger partial charge in [-0.1, -0.05) is 49.7 Å². The van der Waals surface area contributed by atoms with Crippen LogP contribution in [-0.2, 0) is 16.3 Å². The molecule has 0 N–H and O–H groups in total. The Balaban J connectivity index is 1.44. The molecule has 1 aromatic heterocycles. The summed E-state index contributed by atoms with van der Waals surface area (Å²) in [5, 5.41) is 11.8. The van der Waals surface area contributed by atoms with Gasteiger partial charge in [0.15, 0.2) is 15.0 Å². The number of sulfone groups is 1. The highest BCUT2D eigenvalue weighted by molar-refractivity contribution is 7.92. The van der Waals surface area contributed by atoms with Gasteiger partial charge in [-0.2, -0.15) is 5.26 Å². The number of aryl methyl sites for hydroxylation is 1. The molecule has 2 heterocycles. The number of hydrogen-bond acceptors (Lipinski definition) is 6. The topological polar surface area (TPSA) is 74.1 Å². The molecule has 31 heavy (non-hydrogen) atoms. The minimum Gasteiger partial charge on any atom is -0.348 e. The van der Waals surface area contributed by atoms with Crippen LogP contribution >= 0.6 is 11.3 Å². The number of nitriles is 1. The zero-order valence-electron chi connectivity index (χ0n) is 17.5. The quantitative estimate of drug-likeness (QED) is 0.523. The monoisotopic (exact) mass is 451 g/mol. The van der Waals surface area contributed by atoms with Gasteiger partial charge in [0.1, 0.15) is 6.07 Å². The summed E-state index contributed by atoms with van der Waals surface area (Å²) < 4.78 is 26.2. The first kappa shape index (κ1) is 21.5. The Morgan fingerprint density at radius 2 is 1.84 bits per heavy atom. The number of rotatable bonds is 6. The second kappa shape index (κ2) is 9.21. The summed E-state index contributed by atoms with van der Waals surface area (Å²) in [4.78, 5) is 7.12. The van der Waals surface area contributed by atoms with E-state index in [0.717, 1.165) is 29.2 Å². The molecule has 0 amide bonds. The molecule has 0 bridgehead atoms. The second-order valence-corrected chi connectivity index (χ2v) is 10.8. The molecule has 0 unspecified atom stereocenters. The molecule has 3 aromatic rings. The summed E-state index contributed by atoms with van der Waals surface area (Å²) in [6.45, 7) is 3.46. The third-order valence-corrected chi connectivity index (χ3v) is 8.97. The van der Waals surface area contributed by atoms with E-state index in [1.165, 1.54) is 5.56 Å². The Hall–Kier alpha value is -2.69. The molecule has 1 fully saturated rings. The van der Waals surface area contributed by atoms with E-state index in [0.29, 0.717) is 25.9 Å². The van der Waals surface area contributed by atoms with Crippen LogP contribution in [0, 0.1) is 11.3 Å². The summed E-state index contributed by atoms with van der Waals surface area (Å²) >= 11 is 1.60. The normalized spacial score (nSPS) is 15.0. The van der Waals surface area contributed by atoms with E-state index in [4.69, 9.17) is 4.98 Å². The van der Waals surface area contributed by atoms with Gasteiger partial charge in [-0.15, -0.1) is 11.3 Å². The molecule has 0 spiro atoms. The van der Waals surface area contributed by atoms with Gasteiger partial charge >= 0.3 is 0 Å². The lowest BCUT2D eigenvalue weighted by Gasteiger charge is -2.31. The predicted octanol–water partition coefficient (Wildman–Crippen LogP) is 5.08. The van der Waals surface area contributed by atoms with Gasteiger partial charge in [0.2, 0.25) is 0 Å². The summed E-state index contributed by atoms with van der Waals surface area (Å²) in [5.74, 6) is 0. The zero-order chi connectivity index (χ0) is 21.8. The molecule has 7 heteroatoms. The Kier molecular flexibility index (Phi) is 6.40. The Labute approximate surface area is 187 Å². The molecule has 4 rings (SSSR count). The van der Waals surface area contributed by atoms with Crippen LogP contribution in [0.2, 0.25) is 0 Å². The number of benzene rings is 2. The average Bonchev–Trinajstić information content (AvgIpc) is 3.30. The number of hydrogen-bond donors (Lipinski definition) is 0. The van der Waals surface area contributed by atoms with Gasteiger partial charge in [0.25, 0.3) is 0 Å². The van der Waals surface area contributed by atoms with Crippen LogP contribution in [0.15, 0.2) is 58.8 Å². The first-order valence-electron chi connectivity index (χ1n) is 10.6. The molecule has 1 saturated heterocycles. The molecule has 0 atom stereocenters. The largest absolute Gasteiger partial charge is 0.348 e. The van der Waals surface area contributed by atoms with Crippen molar-refractivity contribution in [2.45, 2.75) is 42.8 Å². The smallest absolute Gasteiger partial charge is 0.185 e. The fourth-order valence-corrected chi connectivity index (χ4v) is 6.78. The summed E-state index contributed by atoms with van der Waals surface area (Å²) in [6, 6.07) is 17.0. The number of anilines is 1. The van der Waals surface area contributed by atoms with Gasteiger partial charge in [0.05, 0.1) is 21.4 Å². The molecule has 160 valence electrons. The van der Waals surface area contributed by atoms with E-state index >= 15 is 0 Å². The third-order valence-electron chi connectivity index (χ3n) is 5.75. The molecule has 0 aliphatic carbocycles. The number of aromatic nitrogens is 1. The Bertz CT molecular complexity index is 1190. The molecule has 5 nitrogen and oxygen atoms in total. The molecular formula is C24H25N3O2S2. The molecular weight excluding hydrogens is 426 g/mol. The lowest BCUT2D eigenvalue weighted by atomic mass is 10.1. The minimum atomic E-state index is -3.52. The maximum atomic E-state index is 13.1. The Morgan fingerprint density at radius 1 is 1.13 bits per heavy atom. The maximum absolute atomic E-state index is 13.1. The van der Waals surface area contributed by atoms with Crippen LogP contribution in [0.4, 0.5) is 5.13 Å². The first-order chi connectivity index (χ1) is 15.0. The SMILES string of the molecule is CCCc1ccc(-c2csc(N3CCC(S(=O)(=O)c4ccccc4C#N)CC3)n2)cc1. The molecule has 1 aliphatic heterocycles. The van der Waals surface area contributed by atoms with Crippen molar-refractivity contribution >= 4 is 26.3 Å². The third kappa shape index (κ3) is 4.51. The van der Waals surface area contributed by atoms with E-state index in [-0.39, 0.29) is 10.5 Å². The second-order valence-electron chi connectivity index (χ2n) is 7.80. The van der Waals surface area contributed by atoms with E-state index in [1.54, 1.807) is 35.6 Å². The molecule has 0 radical (unpaired) electrons. The van der Waals surface area contributed by atoms with Crippen molar-refractivity contribution in [3.63, 3.8) is 0 Å². The summed E-state index contributed by atoms with van der Waals surface area (Å²) in [7, 11) is -3.52. The van der Waals surface area contributed by atoms with E-state index < -0.39 is 15.1 Å². The first-order valence-corrected chi connectivity index (χ1v) is 13.0. The van der Waals surface area contributed by atoms with Crippen LogP contribution in [0.1, 0.15) is 37.3 Å². The van der Waals surface area contributed by atoms with E-state index in [1.807, 2.05) is 6.07 Å². The highest BCUT2D eigenvalue weighted by atomic mass is 32.2. The van der Waals surface area contributed by atoms with Crippen molar-refractivity contribution in [2.24, 2.45) is 0 Å². The fourth-order valence-electron chi connectivity index (χ4n) is 4.02. The van der Waals surface area contributed by atoms with E-state index in [2.05, 4.69) is 41.5 Å². The van der Waals surface area contributed by atoms with Crippen LogP contribution in [-0.4, -0.2) is 31.7 Å². The van der Waals surface area contributed by atoms with Crippen LogP contribution in [0.25, 0.3) is 11.3 Å². The van der Waals surface area contributed by atoms with Crippen molar-refractivity contribution in [3.05, 3.63) is 65.0 Å². The van der Waals surface area contributed by atoms with Crippen molar-refractivity contribution in [1.29, 1.82) is 5.26 Å². The molecule has 2 aromatic carbocycles. The maximum Gasteiger partial charge on any atom is 0.185 e. The number of nitrogens with zero attached hydrogens (tertiary/aromatic N) is 3. The van der Waals surface area contributed by atoms with Crippen LogP contribution < -0.4 is 4.90 Å². The summed E-state index contributed by atoms with van der Waals surface area (Å²) in [6.07, 6.45) is 3.28. The van der Waals surface area contributed by atoms with E-state index in [9.17, 15) is 13.7 Å². The lowest BCUT2D eigenvalue weighted by Crippen LogP contribution is -2.39. The van der Waals surface area contributed by atoms with Crippen LogP contribution in [0.3, 0.4) is 0 Å². The van der Waals surface area contributed by atoms with Gasteiger partial charge in [-0.05, 0) is 37.0 Å². The predicted molar refractivity (Wildman–Crippen MR) is 125 cm³/mol. The van der Waals surface area contributed by atoms with Crippen molar-refractivity contribution in [2.75, 3.05) is 18.0 Å². The van der Waals surface area contributed by atoms with Gasteiger partial charge in [-0.25, -0.2) is 13.4 Å². The van der Waals surface area contributed by atoms with Crippen LogP contribution in [0.5, 0.6) is 0 Å². The molecule has 0 saturated carbocycles. The molecule has 1 aliphatic rings. The highest BCUT2D eigenvalue weighted by Gasteiger charge is 2.33. The lowest BCUT2D eigenvalue weighted by molar-refractivity contribution is 0.529. The highest BCUT2D eigenvalue weighted by Crippen LogP contribution is 2.32. The van der Waals surface area contributed by atoms with Crippen molar-refractivity contribution < 1.29 is 8.42 Å².